The molecule has 0 amide bonds. The van der Waals surface area contributed by atoms with Crippen LogP contribution in [0.2, 0.25) is 5.02 Å². The Morgan fingerprint density at radius 3 is 2.31 bits per heavy atom. The Hall–Kier alpha value is -3.01. The molecule has 8 nitrogen and oxygen atoms in total. The summed E-state index contributed by atoms with van der Waals surface area (Å²) in [5, 5.41) is 4.04. The van der Waals surface area contributed by atoms with Crippen molar-refractivity contribution in [2.75, 3.05) is 44.0 Å². The van der Waals surface area contributed by atoms with Gasteiger partial charge in [0.2, 0.25) is 10.0 Å². The number of nitrogens with one attached hydrogen (secondary N) is 1. The Bertz CT molecular complexity index is 1260. The Morgan fingerprint density at radius 2 is 1.69 bits per heavy atom. The standard InChI is InChI=1S/C26H31ClN4O4S/c1-4-34-21-11-7-20(8-12-21)29-25-17-24(36(32,33)30(2)3)18-28-26(25)31-15-13-23(14-16-31)35-22-9-5-19(27)6-10-22/h5-12,17-18,23,29H,4,13-16H2,1-3H3. The molecule has 0 aliphatic carbocycles. The van der Waals surface area contributed by atoms with Gasteiger partial charge < -0.3 is 19.7 Å². The molecule has 0 spiro atoms. The fourth-order valence-corrected chi connectivity index (χ4v) is 4.98. The largest absolute Gasteiger partial charge is 0.494 e. The lowest BCUT2D eigenvalue weighted by atomic mass is 10.1. The molecule has 0 saturated carbocycles. The lowest BCUT2D eigenvalue weighted by Crippen LogP contribution is -2.39. The van der Waals surface area contributed by atoms with Crippen molar-refractivity contribution >= 4 is 38.8 Å². The Labute approximate surface area is 217 Å². The van der Waals surface area contributed by atoms with Crippen LogP contribution in [0.3, 0.4) is 0 Å². The number of hydrogen-bond donors (Lipinski definition) is 1. The third-order valence-corrected chi connectivity index (χ3v) is 7.95. The number of nitrogens with zero attached hydrogens (tertiary/aromatic N) is 3. The minimum Gasteiger partial charge on any atom is -0.494 e. The maximum absolute atomic E-state index is 12.8. The molecule has 3 aromatic rings. The van der Waals surface area contributed by atoms with Gasteiger partial charge in [-0.25, -0.2) is 17.7 Å². The summed E-state index contributed by atoms with van der Waals surface area (Å²) in [6.45, 7) is 3.97. The van der Waals surface area contributed by atoms with Crippen LogP contribution in [0.25, 0.3) is 0 Å². The number of ether oxygens (including phenoxy) is 2. The second-order valence-corrected chi connectivity index (χ2v) is 11.3. The van der Waals surface area contributed by atoms with Gasteiger partial charge in [-0.15, -0.1) is 0 Å². The molecule has 0 radical (unpaired) electrons. The first kappa shape index (κ1) is 26.1. The van der Waals surface area contributed by atoms with E-state index in [4.69, 9.17) is 21.1 Å². The van der Waals surface area contributed by atoms with Gasteiger partial charge in [-0.3, -0.25) is 0 Å². The van der Waals surface area contributed by atoms with Gasteiger partial charge in [0.1, 0.15) is 22.5 Å². The maximum atomic E-state index is 12.8. The smallest absolute Gasteiger partial charge is 0.244 e. The van der Waals surface area contributed by atoms with E-state index < -0.39 is 10.0 Å². The van der Waals surface area contributed by atoms with E-state index in [1.54, 1.807) is 6.07 Å². The highest BCUT2D eigenvalue weighted by Crippen LogP contribution is 2.33. The zero-order valence-corrected chi connectivity index (χ0v) is 22.2. The summed E-state index contributed by atoms with van der Waals surface area (Å²) in [5.41, 5.74) is 1.43. The molecular weight excluding hydrogens is 500 g/mol. The number of aromatic nitrogens is 1. The first-order valence-electron chi connectivity index (χ1n) is 11.9. The number of pyridine rings is 1. The van der Waals surface area contributed by atoms with E-state index in [0.29, 0.717) is 23.1 Å². The third-order valence-electron chi connectivity index (χ3n) is 5.92. The Balaban J connectivity index is 1.54. The van der Waals surface area contributed by atoms with Crippen LogP contribution in [0.4, 0.5) is 17.2 Å². The molecule has 1 N–H and O–H groups in total. The van der Waals surface area contributed by atoms with Gasteiger partial charge in [-0.05, 0) is 61.5 Å². The zero-order valence-electron chi connectivity index (χ0n) is 20.6. The second-order valence-electron chi connectivity index (χ2n) is 8.67. The summed E-state index contributed by atoms with van der Waals surface area (Å²) >= 11 is 5.97. The summed E-state index contributed by atoms with van der Waals surface area (Å²) < 4.78 is 38.4. The van der Waals surface area contributed by atoms with Crippen molar-refractivity contribution in [1.82, 2.24) is 9.29 Å². The normalized spacial score (nSPS) is 14.6. The monoisotopic (exact) mass is 530 g/mol. The predicted octanol–water partition coefficient (Wildman–Crippen LogP) is 5.18. The quantitative estimate of drug-likeness (QED) is 0.408. The molecular formula is C26H31ClN4O4S. The third kappa shape index (κ3) is 6.21. The van der Waals surface area contributed by atoms with Crippen molar-refractivity contribution in [1.29, 1.82) is 0 Å². The maximum Gasteiger partial charge on any atom is 0.244 e. The van der Waals surface area contributed by atoms with Crippen LogP contribution in [-0.2, 0) is 10.0 Å². The highest BCUT2D eigenvalue weighted by molar-refractivity contribution is 7.89. The van der Waals surface area contributed by atoms with Crippen molar-refractivity contribution in [2.45, 2.75) is 30.8 Å². The van der Waals surface area contributed by atoms with E-state index in [2.05, 4.69) is 15.2 Å². The molecule has 1 aliphatic heterocycles. The van der Waals surface area contributed by atoms with E-state index in [1.165, 1.54) is 24.6 Å². The van der Waals surface area contributed by atoms with Crippen LogP contribution in [0.5, 0.6) is 11.5 Å². The summed E-state index contributed by atoms with van der Waals surface area (Å²) in [5.74, 6) is 2.27. The molecule has 36 heavy (non-hydrogen) atoms. The summed E-state index contributed by atoms with van der Waals surface area (Å²) in [6, 6.07) is 16.6. The molecule has 1 fully saturated rings. The molecule has 0 atom stereocenters. The minimum atomic E-state index is -3.64. The molecule has 0 unspecified atom stereocenters. The predicted molar refractivity (Wildman–Crippen MR) is 143 cm³/mol. The number of hydrogen-bond acceptors (Lipinski definition) is 7. The van der Waals surface area contributed by atoms with Gasteiger partial charge in [0.25, 0.3) is 0 Å². The van der Waals surface area contributed by atoms with Crippen LogP contribution >= 0.6 is 11.6 Å². The van der Waals surface area contributed by atoms with Gasteiger partial charge >= 0.3 is 0 Å². The van der Waals surface area contributed by atoms with Crippen LogP contribution in [0.1, 0.15) is 19.8 Å². The highest BCUT2D eigenvalue weighted by Gasteiger charge is 2.26. The fourth-order valence-electron chi connectivity index (χ4n) is 3.98. The molecule has 0 bridgehead atoms. The van der Waals surface area contributed by atoms with E-state index in [1.807, 2.05) is 55.5 Å². The van der Waals surface area contributed by atoms with E-state index in [0.717, 1.165) is 43.1 Å². The zero-order chi connectivity index (χ0) is 25.7. The van der Waals surface area contributed by atoms with Crippen LogP contribution in [0.15, 0.2) is 65.7 Å². The first-order valence-corrected chi connectivity index (χ1v) is 13.7. The molecule has 1 saturated heterocycles. The number of benzene rings is 2. The van der Waals surface area contributed by atoms with Gasteiger partial charge in [-0.2, -0.15) is 0 Å². The van der Waals surface area contributed by atoms with Gasteiger partial charge in [0.05, 0.1) is 12.3 Å². The van der Waals surface area contributed by atoms with Crippen LogP contribution in [-0.4, -0.2) is 57.6 Å². The van der Waals surface area contributed by atoms with Crippen molar-refractivity contribution in [2.24, 2.45) is 0 Å². The lowest BCUT2D eigenvalue weighted by molar-refractivity contribution is 0.171. The van der Waals surface area contributed by atoms with Gasteiger partial charge in [-0.1, -0.05) is 11.6 Å². The number of piperidine rings is 1. The van der Waals surface area contributed by atoms with Crippen LogP contribution in [0, 0.1) is 0 Å². The summed E-state index contributed by atoms with van der Waals surface area (Å²) in [7, 11) is -0.620. The van der Waals surface area contributed by atoms with Gasteiger partial charge in [0, 0.05) is 56.9 Å². The Kier molecular flexibility index (Phi) is 8.23. The number of rotatable bonds is 9. The fraction of sp³-hybridized carbons (Fsp3) is 0.346. The molecule has 10 heteroatoms. The van der Waals surface area contributed by atoms with E-state index in [9.17, 15) is 8.42 Å². The number of halogens is 1. The number of sulfonamides is 1. The topological polar surface area (TPSA) is 84.0 Å². The second kappa shape index (κ2) is 11.4. The molecule has 192 valence electrons. The highest BCUT2D eigenvalue weighted by atomic mass is 35.5. The van der Waals surface area contributed by atoms with E-state index in [-0.39, 0.29) is 11.0 Å². The van der Waals surface area contributed by atoms with E-state index >= 15 is 0 Å². The molecule has 1 aromatic heterocycles. The van der Waals surface area contributed by atoms with Crippen molar-refractivity contribution < 1.29 is 17.9 Å². The average Bonchev–Trinajstić information content (AvgIpc) is 2.87. The van der Waals surface area contributed by atoms with Crippen molar-refractivity contribution in [3.05, 3.63) is 65.8 Å². The van der Waals surface area contributed by atoms with Crippen LogP contribution < -0.4 is 19.7 Å². The average molecular weight is 531 g/mol. The van der Waals surface area contributed by atoms with Gasteiger partial charge in [0.15, 0.2) is 5.82 Å². The summed E-state index contributed by atoms with van der Waals surface area (Å²) in [4.78, 5) is 6.88. The first-order chi connectivity index (χ1) is 17.3. The Morgan fingerprint density at radius 1 is 1.06 bits per heavy atom. The van der Waals surface area contributed by atoms with Crippen molar-refractivity contribution in [3.63, 3.8) is 0 Å². The van der Waals surface area contributed by atoms with Crippen molar-refractivity contribution in [3.8, 4) is 11.5 Å². The molecule has 4 rings (SSSR count). The molecule has 2 heterocycles. The summed E-state index contributed by atoms with van der Waals surface area (Å²) in [6.07, 6.45) is 3.12. The SMILES string of the molecule is CCOc1ccc(Nc2cc(S(=O)(=O)N(C)C)cnc2N2CCC(Oc3ccc(Cl)cc3)CC2)cc1. The molecule has 2 aromatic carbocycles. The minimum absolute atomic E-state index is 0.0818. The lowest BCUT2D eigenvalue weighted by Gasteiger charge is -2.34. The number of anilines is 3. The molecule has 1 aliphatic rings.